The van der Waals surface area contributed by atoms with Crippen molar-refractivity contribution in [3.05, 3.63) is 60.2 Å². The number of nitrogens with one attached hydrogen (secondary N) is 1. The molecule has 2 aromatic rings. The summed E-state index contributed by atoms with van der Waals surface area (Å²) in [5.41, 5.74) is 1.05. The minimum absolute atomic E-state index is 0.159. The highest BCUT2D eigenvalue weighted by atomic mass is 32.2. The lowest BCUT2D eigenvalue weighted by Gasteiger charge is -2.20. The summed E-state index contributed by atoms with van der Waals surface area (Å²) < 4.78 is 26.9. The molecule has 6 nitrogen and oxygen atoms in total. The van der Waals surface area contributed by atoms with Gasteiger partial charge in [0.2, 0.25) is 0 Å². The number of rotatable bonds is 8. The number of carbonyl (C=O) groups is 1. The van der Waals surface area contributed by atoms with Crippen molar-refractivity contribution in [3.63, 3.8) is 0 Å². The monoisotopic (exact) mass is 429 g/mol. The lowest BCUT2D eigenvalue weighted by molar-refractivity contribution is 0.0951. The average molecular weight is 430 g/mol. The maximum Gasteiger partial charge on any atom is 0.264 e. The molecule has 1 aliphatic heterocycles. The molecule has 7 heteroatoms. The van der Waals surface area contributed by atoms with Crippen LogP contribution in [0.25, 0.3) is 0 Å². The van der Waals surface area contributed by atoms with Gasteiger partial charge in [-0.25, -0.2) is 8.42 Å². The molecule has 0 radical (unpaired) electrons. The van der Waals surface area contributed by atoms with E-state index in [1.165, 1.54) is 49.2 Å². The van der Waals surface area contributed by atoms with E-state index in [2.05, 4.69) is 10.2 Å². The van der Waals surface area contributed by atoms with Gasteiger partial charge in [0.25, 0.3) is 15.9 Å². The molecule has 0 spiro atoms. The summed E-state index contributed by atoms with van der Waals surface area (Å²) in [4.78, 5) is 15.0. The van der Waals surface area contributed by atoms with Crippen LogP contribution in [-0.2, 0) is 10.0 Å². The van der Waals surface area contributed by atoms with Gasteiger partial charge in [-0.15, -0.1) is 0 Å². The Kier molecular flexibility index (Phi) is 7.87. The lowest BCUT2D eigenvalue weighted by Crippen LogP contribution is -2.30. The van der Waals surface area contributed by atoms with Crippen molar-refractivity contribution >= 4 is 21.6 Å². The molecule has 0 saturated carbocycles. The number of hydrogen-bond donors (Lipinski definition) is 1. The molecule has 1 amide bonds. The van der Waals surface area contributed by atoms with Crippen LogP contribution in [0, 0.1) is 0 Å². The van der Waals surface area contributed by atoms with E-state index < -0.39 is 10.0 Å². The molecule has 0 atom stereocenters. The highest BCUT2D eigenvalue weighted by Crippen LogP contribution is 2.21. The van der Waals surface area contributed by atoms with Gasteiger partial charge in [-0.2, -0.15) is 0 Å². The number of sulfonamides is 1. The van der Waals surface area contributed by atoms with Gasteiger partial charge < -0.3 is 10.2 Å². The Morgan fingerprint density at radius 3 is 2.23 bits per heavy atom. The molecule has 1 fully saturated rings. The van der Waals surface area contributed by atoms with Gasteiger partial charge in [0.15, 0.2) is 0 Å². The Labute approximate surface area is 179 Å². The number of anilines is 1. The smallest absolute Gasteiger partial charge is 0.264 e. The van der Waals surface area contributed by atoms with E-state index in [4.69, 9.17) is 0 Å². The van der Waals surface area contributed by atoms with Crippen molar-refractivity contribution < 1.29 is 13.2 Å². The van der Waals surface area contributed by atoms with Crippen LogP contribution >= 0.6 is 0 Å². The lowest BCUT2D eigenvalue weighted by atomic mass is 10.2. The molecule has 2 aromatic carbocycles. The number of nitrogens with zero attached hydrogens (tertiary/aromatic N) is 2. The van der Waals surface area contributed by atoms with Gasteiger partial charge in [0, 0.05) is 19.2 Å². The van der Waals surface area contributed by atoms with Crippen molar-refractivity contribution in [1.82, 2.24) is 10.2 Å². The quantitative estimate of drug-likeness (QED) is 0.652. The minimum Gasteiger partial charge on any atom is -0.352 e. The minimum atomic E-state index is -3.67. The largest absolute Gasteiger partial charge is 0.352 e. The SMILES string of the molecule is CN(c1ccccc1)S(=O)(=O)c1ccc(C(=O)NCCCN2CCCCCC2)cc1. The molecule has 0 bridgehead atoms. The Balaban J connectivity index is 1.52. The number of hydrogen-bond acceptors (Lipinski definition) is 4. The molecule has 30 heavy (non-hydrogen) atoms. The molecular weight excluding hydrogens is 398 g/mol. The van der Waals surface area contributed by atoms with Crippen molar-refractivity contribution in [3.8, 4) is 0 Å². The molecule has 162 valence electrons. The first-order valence-corrected chi connectivity index (χ1v) is 12.1. The summed E-state index contributed by atoms with van der Waals surface area (Å²) in [5, 5.41) is 2.94. The second-order valence-electron chi connectivity index (χ2n) is 7.70. The highest BCUT2D eigenvalue weighted by molar-refractivity contribution is 7.92. The summed E-state index contributed by atoms with van der Waals surface area (Å²) >= 11 is 0. The van der Waals surface area contributed by atoms with Gasteiger partial charge in [0.1, 0.15) is 0 Å². The highest BCUT2D eigenvalue weighted by Gasteiger charge is 2.21. The normalized spacial score (nSPS) is 15.4. The van der Waals surface area contributed by atoms with E-state index in [0.717, 1.165) is 26.1 Å². The fourth-order valence-electron chi connectivity index (χ4n) is 3.68. The number of carbonyl (C=O) groups excluding carboxylic acids is 1. The van der Waals surface area contributed by atoms with Gasteiger partial charge in [-0.05, 0) is 75.3 Å². The van der Waals surface area contributed by atoms with Crippen LogP contribution in [0.5, 0.6) is 0 Å². The molecule has 1 N–H and O–H groups in total. The molecule has 1 heterocycles. The third-order valence-electron chi connectivity index (χ3n) is 5.53. The van der Waals surface area contributed by atoms with E-state index in [1.54, 1.807) is 36.4 Å². The van der Waals surface area contributed by atoms with Crippen LogP contribution in [0.2, 0.25) is 0 Å². The first kappa shape index (κ1) is 22.3. The second-order valence-corrected chi connectivity index (χ2v) is 9.67. The van der Waals surface area contributed by atoms with Crippen LogP contribution in [0.1, 0.15) is 42.5 Å². The summed E-state index contributed by atoms with van der Waals surface area (Å²) in [6.45, 7) is 3.93. The predicted octanol–water partition coefficient (Wildman–Crippen LogP) is 3.51. The van der Waals surface area contributed by atoms with E-state index in [1.807, 2.05) is 6.07 Å². The first-order valence-electron chi connectivity index (χ1n) is 10.6. The Hall–Kier alpha value is -2.38. The first-order chi connectivity index (χ1) is 14.5. The van der Waals surface area contributed by atoms with Gasteiger partial charge in [0.05, 0.1) is 10.6 Å². The van der Waals surface area contributed by atoms with Crippen molar-refractivity contribution in [2.75, 3.05) is 37.5 Å². The molecule has 0 unspecified atom stereocenters. The van der Waals surface area contributed by atoms with E-state index >= 15 is 0 Å². The molecule has 0 aromatic heterocycles. The zero-order valence-corrected chi connectivity index (χ0v) is 18.4. The van der Waals surface area contributed by atoms with E-state index in [9.17, 15) is 13.2 Å². The zero-order valence-electron chi connectivity index (χ0n) is 17.6. The summed E-state index contributed by atoms with van der Waals surface area (Å²) in [7, 11) is -2.15. The number of benzene rings is 2. The van der Waals surface area contributed by atoms with Crippen LogP contribution in [0.4, 0.5) is 5.69 Å². The summed E-state index contributed by atoms with van der Waals surface area (Å²) in [5.74, 6) is -0.175. The topological polar surface area (TPSA) is 69.7 Å². The third kappa shape index (κ3) is 5.83. The second kappa shape index (κ2) is 10.6. The number of amides is 1. The molecule has 3 rings (SSSR count). The van der Waals surface area contributed by atoms with Gasteiger partial charge in [-0.3, -0.25) is 9.10 Å². The van der Waals surface area contributed by atoms with E-state index in [0.29, 0.717) is 17.8 Å². The van der Waals surface area contributed by atoms with E-state index in [-0.39, 0.29) is 10.8 Å². The summed E-state index contributed by atoms with van der Waals surface area (Å²) in [6, 6.07) is 15.0. The fraction of sp³-hybridized carbons (Fsp3) is 0.435. The van der Waals surface area contributed by atoms with Crippen LogP contribution in [0.3, 0.4) is 0 Å². The maximum absolute atomic E-state index is 12.8. The fourth-order valence-corrected chi connectivity index (χ4v) is 4.88. The summed E-state index contributed by atoms with van der Waals surface area (Å²) in [6.07, 6.45) is 6.09. The molecule has 1 saturated heterocycles. The van der Waals surface area contributed by atoms with Crippen molar-refractivity contribution in [1.29, 1.82) is 0 Å². The van der Waals surface area contributed by atoms with Crippen LogP contribution in [-0.4, -0.2) is 52.5 Å². The predicted molar refractivity (Wildman–Crippen MR) is 120 cm³/mol. The number of para-hydroxylation sites is 1. The Morgan fingerprint density at radius 2 is 1.60 bits per heavy atom. The number of likely N-dealkylation sites (tertiary alicyclic amines) is 1. The molecule has 1 aliphatic rings. The van der Waals surface area contributed by atoms with Crippen LogP contribution in [0.15, 0.2) is 59.5 Å². The van der Waals surface area contributed by atoms with Crippen LogP contribution < -0.4 is 9.62 Å². The van der Waals surface area contributed by atoms with Crippen molar-refractivity contribution in [2.24, 2.45) is 0 Å². The Morgan fingerprint density at radius 1 is 0.967 bits per heavy atom. The Bertz CT molecular complexity index is 906. The van der Waals surface area contributed by atoms with Gasteiger partial charge in [-0.1, -0.05) is 31.0 Å². The molecule has 0 aliphatic carbocycles. The molecular formula is C23H31N3O3S. The van der Waals surface area contributed by atoms with Crippen molar-refractivity contribution in [2.45, 2.75) is 37.0 Å². The van der Waals surface area contributed by atoms with Gasteiger partial charge >= 0.3 is 0 Å². The standard InChI is InChI=1S/C23H31N3O3S/c1-25(21-10-5-4-6-11-21)30(28,29)22-14-12-20(13-15-22)23(27)24-16-9-19-26-17-7-2-3-8-18-26/h4-6,10-15H,2-3,7-9,16-19H2,1H3,(H,24,27). The zero-order chi connectivity index (χ0) is 21.4. The third-order valence-corrected chi connectivity index (χ3v) is 7.33. The average Bonchev–Trinajstić information content (AvgIpc) is 3.05. The maximum atomic E-state index is 12.8.